The van der Waals surface area contributed by atoms with Crippen LogP contribution in [0.3, 0.4) is 0 Å². The SMILES string of the molecule is C[C@@]12CCCN(C(=O)Cn3cnc4c(N)ncnc43)[C@@H]1COC2. The first-order chi connectivity index (χ1) is 11.1. The highest BCUT2D eigenvalue weighted by molar-refractivity contribution is 5.83. The molecule has 4 rings (SSSR count). The van der Waals surface area contributed by atoms with Crippen LogP contribution in [0, 0.1) is 5.41 Å². The predicted octanol–water partition coefficient (Wildman–Crippen LogP) is 0.436. The molecule has 1 amide bonds. The Labute approximate surface area is 133 Å². The van der Waals surface area contributed by atoms with Gasteiger partial charge in [-0.1, -0.05) is 6.92 Å². The highest BCUT2D eigenvalue weighted by atomic mass is 16.5. The smallest absolute Gasteiger partial charge is 0.242 e. The van der Waals surface area contributed by atoms with Crippen molar-refractivity contribution in [3.05, 3.63) is 12.7 Å². The summed E-state index contributed by atoms with van der Waals surface area (Å²) in [5.74, 6) is 0.402. The Morgan fingerprint density at radius 2 is 2.35 bits per heavy atom. The molecule has 122 valence electrons. The fraction of sp³-hybridized carbons (Fsp3) is 0.600. The Hall–Kier alpha value is -2.22. The van der Waals surface area contributed by atoms with Gasteiger partial charge in [0, 0.05) is 12.0 Å². The second-order valence-corrected chi connectivity index (χ2v) is 6.68. The van der Waals surface area contributed by atoms with Crippen molar-refractivity contribution in [2.75, 3.05) is 25.5 Å². The number of piperidine rings is 1. The van der Waals surface area contributed by atoms with E-state index in [1.54, 1.807) is 10.9 Å². The molecule has 2 aliphatic heterocycles. The van der Waals surface area contributed by atoms with Crippen molar-refractivity contribution in [1.82, 2.24) is 24.4 Å². The molecule has 0 aromatic carbocycles. The van der Waals surface area contributed by atoms with Crippen molar-refractivity contribution >= 4 is 22.9 Å². The van der Waals surface area contributed by atoms with Crippen LogP contribution >= 0.6 is 0 Å². The van der Waals surface area contributed by atoms with Crippen LogP contribution < -0.4 is 5.73 Å². The van der Waals surface area contributed by atoms with Crippen LogP contribution in [0.1, 0.15) is 19.8 Å². The Kier molecular flexibility index (Phi) is 3.22. The van der Waals surface area contributed by atoms with Crippen molar-refractivity contribution in [3.63, 3.8) is 0 Å². The number of hydrogen-bond donors (Lipinski definition) is 1. The summed E-state index contributed by atoms with van der Waals surface area (Å²) in [4.78, 5) is 27.1. The minimum atomic E-state index is 0.0721. The van der Waals surface area contributed by atoms with E-state index in [4.69, 9.17) is 10.5 Å². The third-order valence-electron chi connectivity index (χ3n) is 5.09. The first-order valence-corrected chi connectivity index (χ1v) is 7.87. The molecule has 0 unspecified atom stereocenters. The number of imidazole rings is 1. The van der Waals surface area contributed by atoms with Crippen LogP contribution in [0.25, 0.3) is 11.2 Å². The normalized spacial score (nSPS) is 27.3. The summed E-state index contributed by atoms with van der Waals surface area (Å²) < 4.78 is 7.38. The lowest BCUT2D eigenvalue weighted by molar-refractivity contribution is -0.138. The molecule has 0 saturated carbocycles. The fourth-order valence-corrected chi connectivity index (χ4v) is 3.76. The number of fused-ring (bicyclic) bond motifs is 2. The number of nitrogens with zero attached hydrogens (tertiary/aromatic N) is 5. The third-order valence-corrected chi connectivity index (χ3v) is 5.09. The van der Waals surface area contributed by atoms with Gasteiger partial charge in [-0.05, 0) is 12.8 Å². The largest absolute Gasteiger partial charge is 0.382 e. The van der Waals surface area contributed by atoms with Gasteiger partial charge in [0.05, 0.1) is 25.6 Å². The molecule has 0 spiro atoms. The van der Waals surface area contributed by atoms with E-state index in [1.165, 1.54) is 6.33 Å². The van der Waals surface area contributed by atoms with Gasteiger partial charge in [0.15, 0.2) is 11.5 Å². The molecule has 0 aliphatic carbocycles. The van der Waals surface area contributed by atoms with E-state index >= 15 is 0 Å². The predicted molar refractivity (Wildman–Crippen MR) is 83.4 cm³/mol. The number of carbonyl (C=O) groups excluding carboxylic acids is 1. The van der Waals surface area contributed by atoms with Gasteiger partial charge in [0.2, 0.25) is 5.91 Å². The summed E-state index contributed by atoms with van der Waals surface area (Å²) in [6.45, 7) is 4.57. The number of ether oxygens (including phenoxy) is 1. The molecular formula is C15H20N6O2. The van der Waals surface area contributed by atoms with Crippen molar-refractivity contribution in [2.24, 2.45) is 5.41 Å². The lowest BCUT2D eigenvalue weighted by atomic mass is 9.77. The van der Waals surface area contributed by atoms with Gasteiger partial charge in [0.25, 0.3) is 0 Å². The van der Waals surface area contributed by atoms with Crippen LogP contribution in [0.4, 0.5) is 5.82 Å². The van der Waals surface area contributed by atoms with Gasteiger partial charge in [-0.25, -0.2) is 15.0 Å². The molecule has 2 aliphatic rings. The zero-order chi connectivity index (χ0) is 16.0. The lowest BCUT2D eigenvalue weighted by Gasteiger charge is -2.43. The van der Waals surface area contributed by atoms with Crippen molar-refractivity contribution < 1.29 is 9.53 Å². The maximum atomic E-state index is 12.8. The number of aromatic nitrogens is 4. The molecule has 4 heterocycles. The molecule has 8 heteroatoms. The van der Waals surface area contributed by atoms with E-state index < -0.39 is 0 Å². The van der Waals surface area contributed by atoms with Crippen molar-refractivity contribution in [1.29, 1.82) is 0 Å². The van der Waals surface area contributed by atoms with Crippen LogP contribution in [-0.2, 0) is 16.1 Å². The number of hydrogen-bond acceptors (Lipinski definition) is 6. The van der Waals surface area contributed by atoms with Gasteiger partial charge >= 0.3 is 0 Å². The van der Waals surface area contributed by atoms with E-state index in [0.717, 1.165) is 26.0 Å². The molecular weight excluding hydrogens is 296 g/mol. The summed E-state index contributed by atoms with van der Waals surface area (Å²) in [6, 6.07) is 0.165. The minimum absolute atomic E-state index is 0.0721. The van der Waals surface area contributed by atoms with E-state index in [9.17, 15) is 4.79 Å². The fourth-order valence-electron chi connectivity index (χ4n) is 3.76. The average molecular weight is 316 g/mol. The van der Waals surface area contributed by atoms with E-state index in [1.807, 2.05) is 4.90 Å². The van der Waals surface area contributed by atoms with E-state index in [-0.39, 0.29) is 23.9 Å². The molecule has 2 aromatic rings. The summed E-state index contributed by atoms with van der Waals surface area (Å²) in [7, 11) is 0. The topological polar surface area (TPSA) is 99.2 Å². The van der Waals surface area contributed by atoms with Gasteiger partial charge in [-0.2, -0.15) is 0 Å². The summed E-state index contributed by atoms with van der Waals surface area (Å²) in [5, 5.41) is 0. The highest BCUT2D eigenvalue weighted by Gasteiger charge is 2.47. The maximum absolute atomic E-state index is 12.8. The Bertz CT molecular complexity index is 760. The average Bonchev–Trinajstić information content (AvgIpc) is 3.11. The monoisotopic (exact) mass is 316 g/mol. The van der Waals surface area contributed by atoms with Gasteiger partial charge in [-0.3, -0.25) is 4.79 Å². The number of nitrogens with two attached hydrogens (primary N) is 1. The molecule has 2 aromatic heterocycles. The third kappa shape index (κ3) is 2.24. The molecule has 23 heavy (non-hydrogen) atoms. The molecule has 8 nitrogen and oxygen atoms in total. The Morgan fingerprint density at radius 3 is 3.22 bits per heavy atom. The Morgan fingerprint density at radius 1 is 1.48 bits per heavy atom. The van der Waals surface area contributed by atoms with E-state index in [0.29, 0.717) is 23.6 Å². The summed E-state index contributed by atoms with van der Waals surface area (Å²) >= 11 is 0. The summed E-state index contributed by atoms with van der Waals surface area (Å²) in [5.41, 5.74) is 7.00. The molecule has 2 N–H and O–H groups in total. The first kappa shape index (κ1) is 14.4. The quantitative estimate of drug-likeness (QED) is 0.863. The first-order valence-electron chi connectivity index (χ1n) is 7.87. The maximum Gasteiger partial charge on any atom is 0.242 e. The van der Waals surface area contributed by atoms with E-state index in [2.05, 4.69) is 21.9 Å². The standard InChI is InChI=1S/C15H20N6O2/c1-15-3-2-4-21(10(15)6-23-7-15)11(22)5-20-9-19-12-13(16)17-8-18-14(12)20/h8-10H,2-7H2,1H3,(H2,16,17,18)/t10-,15+/m1/s1. The number of likely N-dealkylation sites (tertiary alicyclic amines) is 1. The number of anilines is 1. The van der Waals surface area contributed by atoms with Crippen molar-refractivity contribution in [2.45, 2.75) is 32.4 Å². The van der Waals surface area contributed by atoms with Gasteiger partial charge < -0.3 is 19.9 Å². The Balaban J connectivity index is 1.58. The number of carbonyl (C=O) groups is 1. The lowest BCUT2D eigenvalue weighted by Crippen LogP contribution is -2.53. The molecule has 0 radical (unpaired) electrons. The number of nitrogen functional groups attached to an aromatic ring is 1. The zero-order valence-electron chi connectivity index (χ0n) is 13.1. The van der Waals surface area contributed by atoms with Crippen LogP contribution in [-0.4, -0.2) is 56.1 Å². The molecule has 2 saturated heterocycles. The number of amides is 1. The summed E-state index contributed by atoms with van der Waals surface area (Å²) in [6.07, 6.45) is 5.12. The van der Waals surface area contributed by atoms with Crippen LogP contribution in [0.15, 0.2) is 12.7 Å². The van der Waals surface area contributed by atoms with Gasteiger partial charge in [-0.15, -0.1) is 0 Å². The minimum Gasteiger partial charge on any atom is -0.382 e. The van der Waals surface area contributed by atoms with Crippen molar-refractivity contribution in [3.8, 4) is 0 Å². The highest BCUT2D eigenvalue weighted by Crippen LogP contribution is 2.40. The second kappa shape index (κ2) is 5.16. The molecule has 2 fully saturated rings. The van der Waals surface area contributed by atoms with Gasteiger partial charge in [0.1, 0.15) is 18.4 Å². The molecule has 2 atom stereocenters. The zero-order valence-corrected chi connectivity index (χ0v) is 13.1. The number of rotatable bonds is 2. The molecule has 0 bridgehead atoms. The second-order valence-electron chi connectivity index (χ2n) is 6.68. The van der Waals surface area contributed by atoms with Crippen LogP contribution in [0.5, 0.6) is 0 Å². The van der Waals surface area contributed by atoms with Crippen LogP contribution in [0.2, 0.25) is 0 Å².